The van der Waals surface area contributed by atoms with E-state index >= 15 is 0 Å². The van der Waals surface area contributed by atoms with Crippen molar-refractivity contribution in [2.24, 2.45) is 0 Å². The van der Waals surface area contributed by atoms with E-state index in [1.165, 1.54) is 5.98 Å². The summed E-state index contributed by atoms with van der Waals surface area (Å²) in [5, 5.41) is 0. The van der Waals surface area contributed by atoms with E-state index in [0.717, 1.165) is 0 Å². The molecule has 0 amide bonds. The summed E-state index contributed by atoms with van der Waals surface area (Å²) >= 11 is 0. The van der Waals surface area contributed by atoms with Crippen LogP contribution in [0.4, 0.5) is 0 Å². The Bertz CT molecular complexity index is 112. The molecule has 2 radical (unpaired) electrons. The van der Waals surface area contributed by atoms with Crippen molar-refractivity contribution in [1.29, 1.82) is 0 Å². The molecule has 44 valence electrons. The molecule has 9 heavy (non-hydrogen) atoms. The Labute approximate surface area is 56.8 Å². The Hall–Kier alpha value is -1.05. The zero-order valence-corrected chi connectivity index (χ0v) is 5.20. The lowest BCUT2D eigenvalue weighted by atomic mass is 10.2. The van der Waals surface area contributed by atoms with Crippen molar-refractivity contribution in [2.75, 3.05) is 0 Å². The van der Waals surface area contributed by atoms with Gasteiger partial charge in [-0.3, -0.25) is 4.98 Å². The normalized spacial score (nSPS) is 6.67. The second-order valence-corrected chi connectivity index (χ2v) is 1.26. The first kappa shape index (κ1) is 7.95. The number of aromatic nitrogens is 1. The molecule has 0 aliphatic carbocycles. The summed E-state index contributed by atoms with van der Waals surface area (Å²) in [4.78, 5) is 3.78. The number of pyridine rings is 1. The Morgan fingerprint density at radius 2 is 1.67 bits per heavy atom. The smallest absolute Gasteiger partial charge is 0.102 e. The third kappa shape index (κ3) is 6.95. The van der Waals surface area contributed by atoms with Crippen LogP contribution in [-0.4, -0.2) is 12.8 Å². The summed E-state index contributed by atoms with van der Waals surface area (Å²) in [5.74, 6) is 1.25. The Morgan fingerprint density at radius 3 is 1.78 bits per heavy atom. The fourth-order valence-corrected chi connectivity index (χ4v) is 0.313. The molecule has 0 fully saturated rings. The van der Waals surface area contributed by atoms with Crippen LogP contribution < -0.4 is 0 Å². The van der Waals surface area contributed by atoms with Gasteiger partial charge in [-0.05, 0) is 12.1 Å². The Kier molecular flexibility index (Phi) is 6.15. The van der Waals surface area contributed by atoms with Crippen LogP contribution in [0.15, 0.2) is 43.1 Å². The van der Waals surface area contributed by atoms with Gasteiger partial charge in [-0.15, -0.1) is 12.6 Å². The predicted molar refractivity (Wildman–Crippen MR) is 40.2 cm³/mol. The molecule has 0 aromatic carbocycles. The molecule has 1 nitrogen and oxygen atoms in total. The van der Waals surface area contributed by atoms with Gasteiger partial charge >= 0.3 is 0 Å². The highest BCUT2D eigenvalue weighted by Gasteiger charge is 1.58. The second-order valence-electron chi connectivity index (χ2n) is 1.26. The summed E-state index contributed by atoms with van der Waals surface area (Å²) < 4.78 is 0. The third-order valence-electron chi connectivity index (χ3n) is 0.566. The van der Waals surface area contributed by atoms with Crippen molar-refractivity contribution in [3.05, 3.63) is 43.1 Å². The highest BCUT2D eigenvalue weighted by atomic mass is 14.6. The van der Waals surface area contributed by atoms with Crippen LogP contribution >= 0.6 is 0 Å². The zero-order valence-electron chi connectivity index (χ0n) is 5.20. The molecule has 0 spiro atoms. The molecular formula is C7H8BN. The Morgan fingerprint density at radius 1 is 1.22 bits per heavy atom. The number of rotatable bonds is 0. The van der Waals surface area contributed by atoms with Crippen molar-refractivity contribution in [1.82, 2.24) is 4.98 Å². The van der Waals surface area contributed by atoms with E-state index in [1.807, 2.05) is 18.2 Å². The first-order valence-corrected chi connectivity index (χ1v) is 2.59. The van der Waals surface area contributed by atoms with E-state index in [4.69, 9.17) is 0 Å². The van der Waals surface area contributed by atoms with Crippen molar-refractivity contribution >= 4 is 7.85 Å². The van der Waals surface area contributed by atoms with Gasteiger partial charge in [-0.1, -0.05) is 6.07 Å². The molecule has 0 aliphatic rings. The maximum absolute atomic E-state index is 4.61. The number of nitrogens with zero attached hydrogens (tertiary/aromatic N) is 1. The van der Waals surface area contributed by atoms with Gasteiger partial charge < -0.3 is 0 Å². The summed E-state index contributed by atoms with van der Waals surface area (Å²) in [7, 11) is 4.61. The average Bonchev–Trinajstić information content (AvgIpc) is 1.93. The minimum atomic E-state index is 1.25. The quantitative estimate of drug-likeness (QED) is 0.467. The molecule has 0 N–H and O–H groups in total. The van der Waals surface area contributed by atoms with Gasteiger partial charge in [0.2, 0.25) is 0 Å². The zero-order chi connectivity index (χ0) is 6.95. The van der Waals surface area contributed by atoms with Crippen molar-refractivity contribution < 1.29 is 0 Å². The minimum absolute atomic E-state index is 1.25. The number of hydrogen-bond donors (Lipinski definition) is 0. The van der Waals surface area contributed by atoms with Gasteiger partial charge in [0.25, 0.3) is 0 Å². The minimum Gasteiger partial charge on any atom is -0.265 e. The highest BCUT2D eigenvalue weighted by Crippen LogP contribution is 1.73. The van der Waals surface area contributed by atoms with Gasteiger partial charge in [0.05, 0.1) is 0 Å². The lowest BCUT2D eigenvalue weighted by Gasteiger charge is -1.70. The van der Waals surface area contributed by atoms with Crippen molar-refractivity contribution in [2.45, 2.75) is 0 Å². The molecule has 1 aromatic heterocycles. The van der Waals surface area contributed by atoms with Crippen LogP contribution in [0.25, 0.3) is 0 Å². The van der Waals surface area contributed by atoms with E-state index in [9.17, 15) is 0 Å². The van der Waals surface area contributed by atoms with E-state index in [-0.39, 0.29) is 0 Å². The largest absolute Gasteiger partial charge is 0.265 e. The van der Waals surface area contributed by atoms with Crippen LogP contribution in [0.3, 0.4) is 0 Å². The maximum Gasteiger partial charge on any atom is 0.102 e. The molecule has 0 atom stereocenters. The average molecular weight is 117 g/mol. The summed E-state index contributed by atoms with van der Waals surface area (Å²) in [5.41, 5.74) is 0. The molecule has 0 saturated carbocycles. The highest BCUT2D eigenvalue weighted by molar-refractivity contribution is 6.16. The van der Waals surface area contributed by atoms with Gasteiger partial charge in [-0.25, -0.2) is 0 Å². The summed E-state index contributed by atoms with van der Waals surface area (Å²) in [6.07, 6.45) is 3.50. The molecule has 0 aliphatic heterocycles. The number of hydrogen-bond acceptors (Lipinski definition) is 1. The summed E-state index contributed by atoms with van der Waals surface area (Å²) in [6.45, 7) is 3.14. The first-order valence-electron chi connectivity index (χ1n) is 2.59. The molecule has 0 bridgehead atoms. The molecule has 0 saturated heterocycles. The van der Waals surface area contributed by atoms with Crippen LogP contribution in [0.5, 0.6) is 0 Å². The predicted octanol–water partition coefficient (Wildman–Crippen LogP) is 1.38. The van der Waals surface area contributed by atoms with E-state index in [1.54, 1.807) is 12.4 Å². The second kappa shape index (κ2) is 6.95. The standard InChI is InChI=1S/C5H5N.C2H3B/c1-2-4-6-5-3-1;1-2-3/h1-5H;2H,1H2. The van der Waals surface area contributed by atoms with Crippen LogP contribution in [0, 0.1) is 0 Å². The summed E-state index contributed by atoms with van der Waals surface area (Å²) in [6, 6.07) is 5.72. The molecule has 1 heterocycles. The monoisotopic (exact) mass is 117 g/mol. The molecule has 2 heteroatoms. The SMILES string of the molecule is [B]C=C.c1ccncc1. The third-order valence-corrected chi connectivity index (χ3v) is 0.566. The molecule has 1 aromatic rings. The van der Waals surface area contributed by atoms with Gasteiger partial charge in [0, 0.05) is 12.4 Å². The fourth-order valence-electron chi connectivity index (χ4n) is 0.313. The van der Waals surface area contributed by atoms with Crippen LogP contribution in [0.1, 0.15) is 0 Å². The molecule has 1 rings (SSSR count). The molecular weight excluding hydrogens is 109 g/mol. The van der Waals surface area contributed by atoms with E-state index < -0.39 is 0 Å². The van der Waals surface area contributed by atoms with Gasteiger partial charge in [-0.2, -0.15) is 0 Å². The van der Waals surface area contributed by atoms with E-state index in [2.05, 4.69) is 19.4 Å². The van der Waals surface area contributed by atoms with Gasteiger partial charge in [0.1, 0.15) is 7.85 Å². The topological polar surface area (TPSA) is 12.9 Å². The van der Waals surface area contributed by atoms with Crippen LogP contribution in [0.2, 0.25) is 0 Å². The van der Waals surface area contributed by atoms with Crippen molar-refractivity contribution in [3.8, 4) is 0 Å². The van der Waals surface area contributed by atoms with Gasteiger partial charge in [0.15, 0.2) is 0 Å². The molecule has 0 unspecified atom stereocenters. The fraction of sp³-hybridized carbons (Fsp3) is 0. The first-order chi connectivity index (χ1) is 4.41. The lowest BCUT2D eigenvalue weighted by molar-refractivity contribution is 1.33. The lowest BCUT2D eigenvalue weighted by Crippen LogP contribution is -1.58. The Balaban J connectivity index is 0.000000187. The van der Waals surface area contributed by atoms with Crippen molar-refractivity contribution in [3.63, 3.8) is 0 Å². The van der Waals surface area contributed by atoms with Crippen LogP contribution in [-0.2, 0) is 0 Å². The maximum atomic E-state index is 4.61. The van der Waals surface area contributed by atoms with E-state index in [0.29, 0.717) is 0 Å².